The first-order chi connectivity index (χ1) is 12.9. The molecule has 0 atom stereocenters. The summed E-state index contributed by atoms with van der Waals surface area (Å²) in [5.41, 5.74) is 3.97. The lowest BCUT2D eigenvalue weighted by atomic mass is 10.2. The Morgan fingerprint density at radius 1 is 1.30 bits per heavy atom. The van der Waals surface area contributed by atoms with Gasteiger partial charge < -0.3 is 14.8 Å². The molecule has 0 aliphatic heterocycles. The van der Waals surface area contributed by atoms with E-state index in [0.29, 0.717) is 16.8 Å². The maximum atomic E-state index is 12.3. The number of benzene rings is 1. The first-order valence-corrected chi connectivity index (χ1v) is 9.40. The fraction of sp³-hybridized carbons (Fsp3) is 0.333. The Bertz CT molecular complexity index is 897. The molecule has 1 aromatic heterocycles. The molecular weight excluding hydrogens is 362 g/mol. The Kier molecular flexibility index (Phi) is 5.71. The van der Waals surface area contributed by atoms with E-state index in [0.717, 1.165) is 5.56 Å². The van der Waals surface area contributed by atoms with Crippen molar-refractivity contribution >= 4 is 35.2 Å². The van der Waals surface area contributed by atoms with Crippen LogP contribution in [0.15, 0.2) is 36.4 Å². The number of aromatic nitrogens is 1. The quantitative estimate of drug-likeness (QED) is 0.757. The average Bonchev–Trinajstić information content (AvgIpc) is 3.40. The van der Waals surface area contributed by atoms with Crippen molar-refractivity contribution in [3.63, 3.8) is 0 Å². The smallest absolute Gasteiger partial charge is 0.246 e. The van der Waals surface area contributed by atoms with Crippen LogP contribution in [0.4, 0.5) is 5.69 Å². The number of hydrogen-bond acceptors (Lipinski definition) is 2. The lowest BCUT2D eigenvalue weighted by Gasteiger charge is -2.15. The molecule has 0 spiro atoms. The van der Waals surface area contributed by atoms with Gasteiger partial charge in [-0.05, 0) is 56.5 Å². The SMILES string of the molecule is Cc1cc(/C=C/C(=O)N(C)CC(=O)Nc2ccccc2Cl)c(C)n1C1CC1. The second kappa shape index (κ2) is 8.01. The predicted molar refractivity (Wildman–Crippen MR) is 109 cm³/mol. The molecule has 142 valence electrons. The van der Waals surface area contributed by atoms with Crippen LogP contribution in [-0.2, 0) is 9.59 Å². The number of likely N-dealkylation sites (N-methyl/N-ethyl adjacent to an activating group) is 1. The fourth-order valence-electron chi connectivity index (χ4n) is 3.20. The summed E-state index contributed by atoms with van der Waals surface area (Å²) in [6, 6.07) is 9.71. The van der Waals surface area contributed by atoms with Gasteiger partial charge in [0.15, 0.2) is 0 Å². The van der Waals surface area contributed by atoms with E-state index in [9.17, 15) is 9.59 Å². The summed E-state index contributed by atoms with van der Waals surface area (Å²) in [6.45, 7) is 4.13. The van der Waals surface area contributed by atoms with Crippen LogP contribution in [-0.4, -0.2) is 34.9 Å². The largest absolute Gasteiger partial charge is 0.346 e. The monoisotopic (exact) mass is 385 g/mol. The average molecular weight is 386 g/mol. The molecule has 1 saturated carbocycles. The molecule has 1 fully saturated rings. The van der Waals surface area contributed by atoms with E-state index in [1.807, 2.05) is 6.08 Å². The standard InChI is InChI=1S/C21H24ClN3O2/c1-14-12-16(15(2)25(14)17-9-10-17)8-11-21(27)24(3)13-20(26)23-19-7-5-4-6-18(19)22/h4-8,11-12,17H,9-10,13H2,1-3H3,(H,23,26)/b11-8+. The zero-order chi connectivity index (χ0) is 19.6. The minimum absolute atomic E-state index is 0.0461. The van der Waals surface area contributed by atoms with Crippen LogP contribution in [0.3, 0.4) is 0 Å². The maximum absolute atomic E-state index is 12.3. The van der Waals surface area contributed by atoms with Gasteiger partial charge in [0.25, 0.3) is 0 Å². The van der Waals surface area contributed by atoms with Crippen LogP contribution < -0.4 is 5.32 Å². The number of aryl methyl sites for hydroxylation is 1. The van der Waals surface area contributed by atoms with Crippen LogP contribution in [0.25, 0.3) is 6.08 Å². The number of halogens is 1. The van der Waals surface area contributed by atoms with E-state index in [1.54, 1.807) is 31.3 Å². The van der Waals surface area contributed by atoms with Gasteiger partial charge in [-0.2, -0.15) is 0 Å². The molecule has 0 bridgehead atoms. The van der Waals surface area contributed by atoms with Gasteiger partial charge in [-0.15, -0.1) is 0 Å². The van der Waals surface area contributed by atoms with E-state index >= 15 is 0 Å². The van der Waals surface area contributed by atoms with Gasteiger partial charge in [0.05, 0.1) is 17.3 Å². The van der Waals surface area contributed by atoms with Gasteiger partial charge in [0, 0.05) is 30.6 Å². The molecule has 3 rings (SSSR count). The predicted octanol–water partition coefficient (Wildman–Crippen LogP) is 4.20. The molecule has 1 N–H and O–H groups in total. The third-order valence-corrected chi connectivity index (χ3v) is 5.08. The normalized spacial score (nSPS) is 13.8. The Labute approximate surface area is 164 Å². The van der Waals surface area contributed by atoms with Crippen molar-refractivity contribution in [1.29, 1.82) is 0 Å². The summed E-state index contributed by atoms with van der Waals surface area (Å²) in [5.74, 6) is -0.514. The number of hydrogen-bond donors (Lipinski definition) is 1. The van der Waals surface area contributed by atoms with Gasteiger partial charge in [0.1, 0.15) is 0 Å². The topological polar surface area (TPSA) is 54.3 Å². The number of rotatable bonds is 6. The number of nitrogens with zero attached hydrogens (tertiary/aromatic N) is 2. The Hall–Kier alpha value is -2.53. The maximum Gasteiger partial charge on any atom is 0.246 e. The first kappa shape index (κ1) is 19.2. The Balaban J connectivity index is 1.59. The highest BCUT2D eigenvalue weighted by atomic mass is 35.5. The molecule has 0 saturated heterocycles. The Morgan fingerprint density at radius 2 is 2.00 bits per heavy atom. The van der Waals surface area contributed by atoms with Crippen molar-refractivity contribution in [1.82, 2.24) is 9.47 Å². The number of anilines is 1. The highest BCUT2D eigenvalue weighted by molar-refractivity contribution is 6.33. The summed E-state index contributed by atoms with van der Waals surface area (Å²) in [6.07, 6.45) is 5.79. The summed E-state index contributed by atoms with van der Waals surface area (Å²) >= 11 is 6.03. The number of amides is 2. The molecule has 5 nitrogen and oxygen atoms in total. The van der Waals surface area contributed by atoms with Gasteiger partial charge in [-0.3, -0.25) is 9.59 Å². The van der Waals surface area contributed by atoms with Gasteiger partial charge in [-0.25, -0.2) is 0 Å². The lowest BCUT2D eigenvalue weighted by Crippen LogP contribution is -2.33. The number of para-hydroxylation sites is 1. The van der Waals surface area contributed by atoms with E-state index in [4.69, 9.17) is 11.6 Å². The Morgan fingerprint density at radius 3 is 2.67 bits per heavy atom. The highest BCUT2D eigenvalue weighted by Crippen LogP contribution is 2.38. The van der Waals surface area contributed by atoms with Crippen molar-refractivity contribution < 1.29 is 9.59 Å². The van der Waals surface area contributed by atoms with E-state index in [1.165, 1.54) is 35.2 Å². The highest BCUT2D eigenvalue weighted by Gasteiger charge is 2.26. The fourth-order valence-corrected chi connectivity index (χ4v) is 3.38. The minimum atomic E-state index is -0.292. The molecule has 1 aliphatic rings. The lowest BCUT2D eigenvalue weighted by molar-refractivity contribution is -0.129. The van der Waals surface area contributed by atoms with Crippen LogP contribution in [0.5, 0.6) is 0 Å². The van der Waals surface area contributed by atoms with Crippen molar-refractivity contribution in [2.45, 2.75) is 32.7 Å². The molecule has 1 heterocycles. The summed E-state index contributed by atoms with van der Waals surface area (Å²) < 4.78 is 2.34. The van der Waals surface area contributed by atoms with E-state index in [-0.39, 0.29) is 18.4 Å². The molecule has 2 amide bonds. The zero-order valence-corrected chi connectivity index (χ0v) is 16.6. The summed E-state index contributed by atoms with van der Waals surface area (Å²) in [5, 5.41) is 3.18. The molecule has 1 aromatic carbocycles. The van der Waals surface area contributed by atoms with Crippen LogP contribution in [0.1, 0.15) is 35.8 Å². The third kappa shape index (κ3) is 4.61. The minimum Gasteiger partial charge on any atom is -0.346 e. The first-order valence-electron chi connectivity index (χ1n) is 9.03. The van der Waals surface area contributed by atoms with Crippen LogP contribution >= 0.6 is 11.6 Å². The van der Waals surface area contributed by atoms with Gasteiger partial charge in [-0.1, -0.05) is 23.7 Å². The molecule has 0 unspecified atom stereocenters. The van der Waals surface area contributed by atoms with Crippen molar-refractivity contribution in [2.75, 3.05) is 18.9 Å². The number of carbonyl (C=O) groups excluding carboxylic acids is 2. The number of nitrogens with one attached hydrogen (secondary N) is 1. The molecule has 0 radical (unpaired) electrons. The van der Waals surface area contributed by atoms with E-state index < -0.39 is 0 Å². The third-order valence-electron chi connectivity index (χ3n) is 4.75. The second-order valence-corrected chi connectivity index (χ2v) is 7.39. The summed E-state index contributed by atoms with van der Waals surface area (Å²) in [7, 11) is 1.60. The molecule has 2 aromatic rings. The molecule has 1 aliphatic carbocycles. The van der Waals surface area contributed by atoms with Crippen molar-refractivity contribution in [3.8, 4) is 0 Å². The second-order valence-electron chi connectivity index (χ2n) is 6.98. The van der Waals surface area contributed by atoms with Gasteiger partial charge in [0.2, 0.25) is 11.8 Å². The van der Waals surface area contributed by atoms with E-state index in [2.05, 4.69) is 29.8 Å². The molecule has 6 heteroatoms. The van der Waals surface area contributed by atoms with Crippen LogP contribution in [0.2, 0.25) is 5.02 Å². The van der Waals surface area contributed by atoms with Crippen molar-refractivity contribution in [3.05, 3.63) is 58.4 Å². The van der Waals surface area contributed by atoms with Crippen LogP contribution in [0, 0.1) is 13.8 Å². The molecular formula is C21H24ClN3O2. The van der Waals surface area contributed by atoms with Crippen molar-refractivity contribution in [2.24, 2.45) is 0 Å². The summed E-state index contributed by atoms with van der Waals surface area (Å²) in [4.78, 5) is 25.9. The molecule has 27 heavy (non-hydrogen) atoms. The van der Waals surface area contributed by atoms with Gasteiger partial charge >= 0.3 is 0 Å². The number of carbonyl (C=O) groups is 2. The zero-order valence-electron chi connectivity index (χ0n) is 15.8.